The van der Waals surface area contributed by atoms with Gasteiger partial charge in [0.05, 0.1) is 6.61 Å². The highest BCUT2D eigenvalue weighted by molar-refractivity contribution is 5.22. The van der Waals surface area contributed by atoms with Gasteiger partial charge in [-0.25, -0.2) is 0 Å². The van der Waals surface area contributed by atoms with Crippen LogP contribution in [0.15, 0.2) is 24.3 Å². The summed E-state index contributed by atoms with van der Waals surface area (Å²) in [6.45, 7) is 5.14. The first-order chi connectivity index (χ1) is 6.76. The third kappa shape index (κ3) is 3.48. The highest BCUT2D eigenvalue weighted by Crippen LogP contribution is 2.04. The van der Waals surface area contributed by atoms with E-state index < -0.39 is 0 Å². The number of hydrogen-bond acceptors (Lipinski definition) is 2. The maximum Gasteiger partial charge on any atom is 0.0582 e. The molecule has 2 heteroatoms. The van der Waals surface area contributed by atoms with Crippen LogP contribution in [0.25, 0.3) is 0 Å². The SMILES string of the molecule is CCc1ccc(CN[C@@H](C)CO)cc1. The van der Waals surface area contributed by atoms with Crippen molar-refractivity contribution in [1.82, 2.24) is 5.32 Å². The van der Waals surface area contributed by atoms with E-state index in [4.69, 9.17) is 5.11 Å². The Balaban J connectivity index is 2.43. The van der Waals surface area contributed by atoms with Gasteiger partial charge in [0.15, 0.2) is 0 Å². The van der Waals surface area contributed by atoms with Gasteiger partial charge in [-0.2, -0.15) is 0 Å². The van der Waals surface area contributed by atoms with Crippen molar-refractivity contribution in [3.05, 3.63) is 35.4 Å². The number of nitrogens with one attached hydrogen (secondary N) is 1. The molecule has 0 aliphatic carbocycles. The highest BCUT2D eigenvalue weighted by atomic mass is 16.3. The second-order valence-electron chi connectivity index (χ2n) is 3.63. The van der Waals surface area contributed by atoms with Gasteiger partial charge in [-0.05, 0) is 24.5 Å². The first-order valence-corrected chi connectivity index (χ1v) is 5.18. The van der Waals surface area contributed by atoms with Gasteiger partial charge >= 0.3 is 0 Å². The normalized spacial score (nSPS) is 12.8. The van der Waals surface area contributed by atoms with Crippen molar-refractivity contribution in [2.75, 3.05) is 6.61 Å². The summed E-state index contributed by atoms with van der Waals surface area (Å²) in [4.78, 5) is 0. The van der Waals surface area contributed by atoms with E-state index in [-0.39, 0.29) is 12.6 Å². The molecule has 0 bridgehead atoms. The number of aliphatic hydroxyl groups is 1. The lowest BCUT2D eigenvalue weighted by molar-refractivity contribution is 0.251. The van der Waals surface area contributed by atoms with E-state index in [0.29, 0.717) is 0 Å². The molecule has 0 fully saturated rings. The average Bonchev–Trinajstić information content (AvgIpc) is 2.26. The van der Waals surface area contributed by atoms with Crippen molar-refractivity contribution in [3.8, 4) is 0 Å². The van der Waals surface area contributed by atoms with Gasteiger partial charge in [-0.1, -0.05) is 31.2 Å². The first kappa shape index (κ1) is 11.2. The van der Waals surface area contributed by atoms with Gasteiger partial charge in [0, 0.05) is 12.6 Å². The van der Waals surface area contributed by atoms with Crippen molar-refractivity contribution in [1.29, 1.82) is 0 Å². The Morgan fingerprint density at radius 1 is 1.21 bits per heavy atom. The second-order valence-corrected chi connectivity index (χ2v) is 3.63. The zero-order valence-electron chi connectivity index (χ0n) is 8.96. The summed E-state index contributed by atoms with van der Waals surface area (Å²) < 4.78 is 0. The summed E-state index contributed by atoms with van der Waals surface area (Å²) in [6, 6.07) is 8.74. The van der Waals surface area contributed by atoms with Gasteiger partial charge in [0.1, 0.15) is 0 Å². The van der Waals surface area contributed by atoms with Crippen LogP contribution >= 0.6 is 0 Å². The van der Waals surface area contributed by atoms with Gasteiger partial charge in [0.2, 0.25) is 0 Å². The Bertz CT molecular complexity index is 256. The molecule has 78 valence electrons. The number of hydrogen-bond donors (Lipinski definition) is 2. The van der Waals surface area contributed by atoms with E-state index in [1.807, 2.05) is 6.92 Å². The molecule has 0 spiro atoms. The standard InChI is InChI=1S/C12H19NO/c1-3-11-4-6-12(7-5-11)8-13-10(2)9-14/h4-7,10,13-14H,3,8-9H2,1-2H3/t10-/m0/s1. The van der Waals surface area contributed by atoms with E-state index in [2.05, 4.69) is 36.5 Å². The maximum absolute atomic E-state index is 8.83. The van der Waals surface area contributed by atoms with Gasteiger partial charge in [-0.15, -0.1) is 0 Å². The minimum atomic E-state index is 0.167. The summed E-state index contributed by atoms with van der Waals surface area (Å²) >= 11 is 0. The van der Waals surface area contributed by atoms with E-state index in [1.165, 1.54) is 11.1 Å². The van der Waals surface area contributed by atoms with E-state index in [0.717, 1.165) is 13.0 Å². The molecule has 1 aromatic rings. The molecule has 0 amide bonds. The van der Waals surface area contributed by atoms with Crippen LogP contribution in [0.3, 0.4) is 0 Å². The third-order valence-corrected chi connectivity index (χ3v) is 2.36. The van der Waals surface area contributed by atoms with Crippen LogP contribution < -0.4 is 5.32 Å². The van der Waals surface area contributed by atoms with Crippen LogP contribution in [0.4, 0.5) is 0 Å². The lowest BCUT2D eigenvalue weighted by atomic mass is 10.1. The summed E-state index contributed by atoms with van der Waals surface area (Å²) in [6.07, 6.45) is 1.08. The Hall–Kier alpha value is -0.860. The first-order valence-electron chi connectivity index (χ1n) is 5.18. The Labute approximate surface area is 86.0 Å². The topological polar surface area (TPSA) is 32.3 Å². The molecular formula is C12H19NO. The quantitative estimate of drug-likeness (QED) is 0.746. The fourth-order valence-corrected chi connectivity index (χ4v) is 1.25. The number of aryl methyl sites for hydroxylation is 1. The van der Waals surface area contributed by atoms with Crippen molar-refractivity contribution < 1.29 is 5.11 Å². The number of benzene rings is 1. The van der Waals surface area contributed by atoms with Crippen LogP contribution in [-0.4, -0.2) is 17.8 Å². The summed E-state index contributed by atoms with van der Waals surface area (Å²) in [5.74, 6) is 0. The molecular weight excluding hydrogens is 174 g/mol. The molecule has 0 aliphatic rings. The largest absolute Gasteiger partial charge is 0.395 e. The molecule has 1 rings (SSSR count). The lowest BCUT2D eigenvalue weighted by Gasteiger charge is -2.10. The van der Waals surface area contributed by atoms with Crippen LogP contribution in [0.5, 0.6) is 0 Å². The predicted molar refractivity (Wildman–Crippen MR) is 59.2 cm³/mol. The monoisotopic (exact) mass is 193 g/mol. The minimum absolute atomic E-state index is 0.167. The summed E-state index contributed by atoms with van der Waals surface area (Å²) in [5, 5.41) is 12.1. The van der Waals surface area contributed by atoms with Crippen LogP contribution in [-0.2, 0) is 13.0 Å². The molecule has 14 heavy (non-hydrogen) atoms. The van der Waals surface area contributed by atoms with Crippen molar-refractivity contribution in [2.24, 2.45) is 0 Å². The zero-order chi connectivity index (χ0) is 10.4. The molecule has 0 heterocycles. The molecule has 0 aromatic heterocycles. The Morgan fingerprint density at radius 3 is 2.29 bits per heavy atom. The van der Waals surface area contributed by atoms with Crippen LogP contribution in [0.2, 0.25) is 0 Å². The predicted octanol–water partition coefficient (Wildman–Crippen LogP) is 1.72. The fraction of sp³-hybridized carbons (Fsp3) is 0.500. The number of aliphatic hydroxyl groups excluding tert-OH is 1. The zero-order valence-corrected chi connectivity index (χ0v) is 8.96. The average molecular weight is 193 g/mol. The second kappa shape index (κ2) is 5.78. The molecule has 1 aromatic carbocycles. The number of rotatable bonds is 5. The highest BCUT2D eigenvalue weighted by Gasteiger charge is 1.98. The van der Waals surface area contributed by atoms with Gasteiger partial charge in [0.25, 0.3) is 0 Å². The van der Waals surface area contributed by atoms with Gasteiger partial charge < -0.3 is 10.4 Å². The molecule has 1 atom stereocenters. The van der Waals surface area contributed by atoms with Crippen molar-refractivity contribution in [3.63, 3.8) is 0 Å². The molecule has 0 radical (unpaired) electrons. The minimum Gasteiger partial charge on any atom is -0.395 e. The molecule has 2 nitrogen and oxygen atoms in total. The van der Waals surface area contributed by atoms with Crippen molar-refractivity contribution >= 4 is 0 Å². The molecule has 0 unspecified atom stereocenters. The van der Waals surface area contributed by atoms with Crippen molar-refractivity contribution in [2.45, 2.75) is 32.9 Å². The van der Waals surface area contributed by atoms with Crippen LogP contribution in [0.1, 0.15) is 25.0 Å². The van der Waals surface area contributed by atoms with E-state index in [1.54, 1.807) is 0 Å². The molecule has 2 N–H and O–H groups in total. The Morgan fingerprint density at radius 2 is 1.79 bits per heavy atom. The lowest BCUT2D eigenvalue weighted by Crippen LogP contribution is -2.28. The molecule has 0 saturated heterocycles. The van der Waals surface area contributed by atoms with Crippen LogP contribution in [0, 0.1) is 0 Å². The molecule has 0 aliphatic heterocycles. The summed E-state index contributed by atoms with van der Waals surface area (Å²) in [7, 11) is 0. The Kier molecular flexibility index (Phi) is 4.63. The molecule has 0 saturated carbocycles. The van der Waals surface area contributed by atoms with Gasteiger partial charge in [-0.3, -0.25) is 0 Å². The van der Waals surface area contributed by atoms with E-state index in [9.17, 15) is 0 Å². The smallest absolute Gasteiger partial charge is 0.0582 e. The third-order valence-electron chi connectivity index (χ3n) is 2.36. The summed E-state index contributed by atoms with van der Waals surface area (Å²) in [5.41, 5.74) is 2.63. The fourth-order valence-electron chi connectivity index (χ4n) is 1.25. The maximum atomic E-state index is 8.83. The van der Waals surface area contributed by atoms with E-state index >= 15 is 0 Å².